The SMILES string of the molecule is CCOC(=O)C1(C(=O)OCC)C2c3ccccc3OC(=O)C21C(=O)Nc1ccc(C)cc1. The molecule has 0 aromatic heterocycles. The van der Waals surface area contributed by atoms with Gasteiger partial charge in [0.2, 0.25) is 5.91 Å². The molecule has 8 nitrogen and oxygen atoms in total. The van der Waals surface area contributed by atoms with Gasteiger partial charge in [-0.1, -0.05) is 35.9 Å². The molecule has 1 heterocycles. The molecule has 1 amide bonds. The monoisotopic (exact) mass is 437 g/mol. The molecule has 0 saturated heterocycles. The van der Waals surface area contributed by atoms with Crippen molar-refractivity contribution in [3.8, 4) is 5.75 Å². The van der Waals surface area contributed by atoms with E-state index in [9.17, 15) is 19.2 Å². The number of para-hydroxylation sites is 1. The van der Waals surface area contributed by atoms with Crippen LogP contribution in [0, 0.1) is 17.8 Å². The van der Waals surface area contributed by atoms with Crippen LogP contribution in [0.5, 0.6) is 5.75 Å². The van der Waals surface area contributed by atoms with E-state index in [0.717, 1.165) is 5.56 Å². The summed E-state index contributed by atoms with van der Waals surface area (Å²) in [6.07, 6.45) is 0. The molecule has 1 aliphatic heterocycles. The molecule has 0 bridgehead atoms. The van der Waals surface area contributed by atoms with Gasteiger partial charge in [0.25, 0.3) is 0 Å². The highest BCUT2D eigenvalue weighted by Gasteiger charge is 2.95. The van der Waals surface area contributed by atoms with Crippen LogP contribution in [-0.4, -0.2) is 37.0 Å². The third-order valence-electron chi connectivity index (χ3n) is 6.02. The number of anilines is 1. The second kappa shape index (κ2) is 7.78. The summed E-state index contributed by atoms with van der Waals surface area (Å²) < 4.78 is 15.9. The minimum Gasteiger partial charge on any atom is -0.465 e. The van der Waals surface area contributed by atoms with E-state index in [0.29, 0.717) is 11.3 Å². The number of aryl methyl sites for hydroxylation is 1. The second-order valence-corrected chi connectivity index (χ2v) is 7.74. The number of nitrogens with one attached hydrogen (secondary N) is 1. The van der Waals surface area contributed by atoms with Crippen LogP contribution in [0.1, 0.15) is 30.9 Å². The first kappa shape index (κ1) is 21.5. The maximum absolute atomic E-state index is 13.6. The van der Waals surface area contributed by atoms with E-state index in [-0.39, 0.29) is 19.0 Å². The highest BCUT2D eigenvalue weighted by molar-refractivity contribution is 6.27. The lowest BCUT2D eigenvalue weighted by Gasteiger charge is -2.23. The number of rotatable bonds is 6. The fourth-order valence-corrected chi connectivity index (χ4v) is 4.61. The smallest absolute Gasteiger partial charge is 0.329 e. The zero-order valence-electron chi connectivity index (χ0n) is 18.0. The molecule has 32 heavy (non-hydrogen) atoms. The van der Waals surface area contributed by atoms with Crippen LogP contribution in [0.25, 0.3) is 0 Å². The molecular weight excluding hydrogens is 414 g/mol. The number of fused-ring (bicyclic) bond motifs is 3. The van der Waals surface area contributed by atoms with Gasteiger partial charge in [-0.2, -0.15) is 0 Å². The standard InChI is InChI=1S/C24H23NO7/c1-4-30-20(27)24(21(28)31-5-2)18-16-8-6-7-9-17(16)32-22(29)23(18,24)19(26)25-15-12-10-14(3)11-13-15/h6-13,18H,4-5H2,1-3H3,(H,25,26). The number of hydrogen-bond donors (Lipinski definition) is 1. The van der Waals surface area contributed by atoms with Crippen LogP contribution in [0.2, 0.25) is 0 Å². The molecule has 166 valence electrons. The number of amides is 1. The Hall–Kier alpha value is -3.68. The first-order valence-corrected chi connectivity index (χ1v) is 10.4. The number of carbonyl (C=O) groups excluding carboxylic acids is 4. The summed E-state index contributed by atoms with van der Waals surface area (Å²) >= 11 is 0. The number of hydrogen-bond acceptors (Lipinski definition) is 7. The normalized spacial score (nSPS) is 22.0. The van der Waals surface area contributed by atoms with Gasteiger partial charge in [-0.25, -0.2) is 0 Å². The van der Waals surface area contributed by atoms with Gasteiger partial charge in [0, 0.05) is 17.2 Å². The molecule has 1 saturated carbocycles. The van der Waals surface area contributed by atoms with E-state index >= 15 is 0 Å². The lowest BCUT2D eigenvalue weighted by atomic mass is 9.90. The quantitative estimate of drug-likeness (QED) is 0.421. The summed E-state index contributed by atoms with van der Waals surface area (Å²) in [4.78, 5) is 53.5. The third kappa shape index (κ3) is 2.75. The van der Waals surface area contributed by atoms with E-state index in [2.05, 4.69) is 5.32 Å². The predicted molar refractivity (Wildman–Crippen MR) is 113 cm³/mol. The van der Waals surface area contributed by atoms with Gasteiger partial charge < -0.3 is 19.5 Å². The Morgan fingerprint density at radius 2 is 1.56 bits per heavy atom. The molecular formula is C24H23NO7. The first-order valence-electron chi connectivity index (χ1n) is 10.4. The number of carbonyl (C=O) groups is 4. The van der Waals surface area contributed by atoms with Crippen molar-refractivity contribution in [3.63, 3.8) is 0 Å². The Balaban J connectivity index is 1.90. The molecule has 4 rings (SSSR count). The van der Waals surface area contributed by atoms with E-state index in [1.165, 1.54) is 0 Å². The van der Waals surface area contributed by atoms with Crippen molar-refractivity contribution < 1.29 is 33.4 Å². The van der Waals surface area contributed by atoms with E-state index < -0.39 is 40.6 Å². The molecule has 1 fully saturated rings. The van der Waals surface area contributed by atoms with Crippen molar-refractivity contribution in [3.05, 3.63) is 59.7 Å². The molecule has 2 aromatic carbocycles. The fourth-order valence-electron chi connectivity index (χ4n) is 4.61. The van der Waals surface area contributed by atoms with Gasteiger partial charge in [-0.05, 0) is 39.0 Å². The summed E-state index contributed by atoms with van der Waals surface area (Å²) in [6.45, 7) is 4.96. The van der Waals surface area contributed by atoms with Crippen LogP contribution in [0.15, 0.2) is 48.5 Å². The number of esters is 3. The number of benzene rings is 2. The lowest BCUT2D eigenvalue weighted by molar-refractivity contribution is -0.171. The average molecular weight is 437 g/mol. The minimum atomic E-state index is -2.18. The summed E-state index contributed by atoms with van der Waals surface area (Å²) in [6, 6.07) is 13.4. The van der Waals surface area contributed by atoms with Gasteiger partial charge in [0.15, 0.2) is 10.8 Å². The fraction of sp³-hybridized carbons (Fsp3) is 0.333. The van der Waals surface area contributed by atoms with Gasteiger partial charge in [0.05, 0.1) is 13.2 Å². The Kier molecular flexibility index (Phi) is 5.24. The molecule has 1 aliphatic carbocycles. The second-order valence-electron chi connectivity index (χ2n) is 7.74. The molecule has 8 heteroatoms. The molecule has 2 atom stereocenters. The van der Waals surface area contributed by atoms with Crippen LogP contribution < -0.4 is 10.1 Å². The molecule has 1 N–H and O–H groups in total. The summed E-state index contributed by atoms with van der Waals surface area (Å²) in [7, 11) is 0. The summed E-state index contributed by atoms with van der Waals surface area (Å²) in [5.41, 5.74) is -2.55. The summed E-state index contributed by atoms with van der Waals surface area (Å²) in [5.74, 6) is -4.72. The highest BCUT2D eigenvalue weighted by atomic mass is 16.6. The van der Waals surface area contributed by atoms with E-state index in [4.69, 9.17) is 14.2 Å². The van der Waals surface area contributed by atoms with Crippen LogP contribution in [-0.2, 0) is 28.7 Å². The Labute approximate surface area is 184 Å². The Morgan fingerprint density at radius 3 is 2.16 bits per heavy atom. The van der Waals surface area contributed by atoms with Crippen LogP contribution in [0.4, 0.5) is 5.69 Å². The maximum atomic E-state index is 13.6. The van der Waals surface area contributed by atoms with Crippen LogP contribution >= 0.6 is 0 Å². The van der Waals surface area contributed by atoms with E-state index in [1.807, 2.05) is 6.92 Å². The van der Waals surface area contributed by atoms with Gasteiger partial charge in [-0.3, -0.25) is 19.2 Å². The van der Waals surface area contributed by atoms with Crippen molar-refractivity contribution in [1.29, 1.82) is 0 Å². The Morgan fingerprint density at radius 1 is 0.969 bits per heavy atom. The molecule has 0 radical (unpaired) electrons. The molecule has 2 unspecified atom stereocenters. The zero-order chi connectivity index (χ0) is 23.1. The highest BCUT2D eigenvalue weighted by Crippen LogP contribution is 2.78. The largest absolute Gasteiger partial charge is 0.465 e. The van der Waals surface area contributed by atoms with Gasteiger partial charge in [-0.15, -0.1) is 0 Å². The first-order chi connectivity index (χ1) is 15.3. The predicted octanol–water partition coefficient (Wildman–Crippen LogP) is 2.75. The lowest BCUT2D eigenvalue weighted by Crippen LogP contribution is -2.46. The molecule has 2 aliphatic rings. The van der Waals surface area contributed by atoms with Crippen molar-refractivity contribution >= 4 is 29.5 Å². The topological polar surface area (TPSA) is 108 Å². The van der Waals surface area contributed by atoms with Gasteiger partial charge >= 0.3 is 17.9 Å². The minimum absolute atomic E-state index is 0.0426. The Bertz CT molecular complexity index is 1090. The zero-order valence-corrected chi connectivity index (χ0v) is 18.0. The van der Waals surface area contributed by atoms with Crippen molar-refractivity contribution in [2.24, 2.45) is 10.8 Å². The van der Waals surface area contributed by atoms with Gasteiger partial charge in [0.1, 0.15) is 5.75 Å². The third-order valence-corrected chi connectivity index (χ3v) is 6.02. The maximum Gasteiger partial charge on any atom is 0.329 e. The number of ether oxygens (including phenoxy) is 3. The van der Waals surface area contributed by atoms with Crippen LogP contribution in [0.3, 0.4) is 0 Å². The average Bonchev–Trinajstić information content (AvgIpc) is 3.44. The molecule has 0 spiro atoms. The van der Waals surface area contributed by atoms with Crippen molar-refractivity contribution in [1.82, 2.24) is 0 Å². The van der Waals surface area contributed by atoms with E-state index in [1.54, 1.807) is 62.4 Å². The van der Waals surface area contributed by atoms with Crippen molar-refractivity contribution in [2.45, 2.75) is 26.7 Å². The molecule has 2 aromatic rings. The summed E-state index contributed by atoms with van der Waals surface area (Å²) in [5, 5.41) is 2.68. The van der Waals surface area contributed by atoms with Crippen molar-refractivity contribution in [2.75, 3.05) is 18.5 Å².